The standard InChI is InChI=1S/C21H33N5O3/c1-15(2)23-20(28)26(16-4-5-16)17-6-13-29-21(14-17)7-10-25(11-8-21)19(27)18-22-9-12-24(18)3/h9,12,15-17H,4-8,10-11,13-14H2,1-3H3,(H,23,28). The van der Waals surface area contributed by atoms with Crippen LogP contribution in [0.3, 0.4) is 0 Å². The molecule has 1 spiro atoms. The Morgan fingerprint density at radius 3 is 2.55 bits per heavy atom. The summed E-state index contributed by atoms with van der Waals surface area (Å²) in [7, 11) is 1.84. The van der Waals surface area contributed by atoms with Crippen LogP contribution in [0.15, 0.2) is 12.4 Å². The number of piperidine rings is 1. The summed E-state index contributed by atoms with van der Waals surface area (Å²) in [5.41, 5.74) is -0.230. The molecule has 8 nitrogen and oxygen atoms in total. The molecule has 1 N–H and O–H groups in total. The van der Waals surface area contributed by atoms with Gasteiger partial charge in [0, 0.05) is 57.3 Å². The first-order chi connectivity index (χ1) is 13.9. The molecule has 1 aromatic heterocycles. The lowest BCUT2D eigenvalue weighted by atomic mass is 9.81. The third kappa shape index (κ3) is 4.27. The largest absolute Gasteiger partial charge is 0.375 e. The molecule has 1 unspecified atom stereocenters. The average Bonchev–Trinajstić information content (AvgIpc) is 3.41. The molecule has 1 aromatic rings. The number of amides is 3. The lowest BCUT2D eigenvalue weighted by Crippen LogP contribution is -2.57. The number of likely N-dealkylation sites (tertiary alicyclic amines) is 1. The van der Waals surface area contributed by atoms with Gasteiger partial charge in [-0.1, -0.05) is 0 Å². The third-order valence-corrected chi connectivity index (χ3v) is 6.42. The van der Waals surface area contributed by atoms with E-state index in [0.717, 1.165) is 38.5 Å². The number of carbonyl (C=O) groups excluding carboxylic acids is 2. The molecule has 160 valence electrons. The molecule has 2 aliphatic heterocycles. The number of aryl methyl sites for hydroxylation is 1. The molecule has 2 saturated heterocycles. The summed E-state index contributed by atoms with van der Waals surface area (Å²) in [5.74, 6) is 0.462. The van der Waals surface area contributed by atoms with Gasteiger partial charge in [0.25, 0.3) is 5.91 Å². The van der Waals surface area contributed by atoms with Crippen molar-refractivity contribution in [3.63, 3.8) is 0 Å². The van der Waals surface area contributed by atoms with Gasteiger partial charge in [-0.2, -0.15) is 0 Å². The molecule has 3 aliphatic rings. The van der Waals surface area contributed by atoms with E-state index in [1.165, 1.54) is 0 Å². The number of ether oxygens (including phenoxy) is 1. The average molecular weight is 404 g/mol. The van der Waals surface area contributed by atoms with E-state index in [9.17, 15) is 9.59 Å². The molecule has 4 rings (SSSR count). The molecule has 1 saturated carbocycles. The third-order valence-electron chi connectivity index (χ3n) is 6.42. The molecule has 3 amide bonds. The van der Waals surface area contributed by atoms with Crippen molar-refractivity contribution in [1.29, 1.82) is 0 Å². The van der Waals surface area contributed by atoms with Crippen molar-refractivity contribution in [3.05, 3.63) is 18.2 Å². The Bertz CT molecular complexity index is 749. The fourth-order valence-corrected chi connectivity index (χ4v) is 4.72. The maximum atomic E-state index is 12.8. The van der Waals surface area contributed by atoms with Crippen LogP contribution in [0.5, 0.6) is 0 Å². The topological polar surface area (TPSA) is 79.7 Å². The minimum atomic E-state index is -0.230. The molecule has 0 radical (unpaired) electrons. The van der Waals surface area contributed by atoms with Crippen LogP contribution in [0.1, 0.15) is 63.0 Å². The highest BCUT2D eigenvalue weighted by Crippen LogP contribution is 2.40. The minimum absolute atomic E-state index is 0.0179. The predicted molar refractivity (Wildman–Crippen MR) is 109 cm³/mol. The molecule has 0 aromatic carbocycles. The summed E-state index contributed by atoms with van der Waals surface area (Å²) in [6.07, 6.45) is 9.01. The van der Waals surface area contributed by atoms with Crippen molar-refractivity contribution >= 4 is 11.9 Å². The van der Waals surface area contributed by atoms with Crippen LogP contribution in [0.25, 0.3) is 0 Å². The second kappa shape index (κ2) is 7.97. The summed E-state index contributed by atoms with van der Waals surface area (Å²) in [6.45, 7) is 6.02. The van der Waals surface area contributed by atoms with E-state index < -0.39 is 0 Å². The van der Waals surface area contributed by atoms with E-state index in [1.54, 1.807) is 17.0 Å². The van der Waals surface area contributed by atoms with Gasteiger partial charge in [-0.15, -0.1) is 0 Å². The Morgan fingerprint density at radius 1 is 1.24 bits per heavy atom. The van der Waals surface area contributed by atoms with Gasteiger partial charge in [-0.3, -0.25) is 4.79 Å². The summed E-state index contributed by atoms with van der Waals surface area (Å²) < 4.78 is 8.04. The Labute approximate surface area is 172 Å². The van der Waals surface area contributed by atoms with Crippen molar-refractivity contribution in [2.45, 2.75) is 76.1 Å². The molecule has 8 heteroatoms. The van der Waals surface area contributed by atoms with E-state index in [1.807, 2.05) is 25.8 Å². The molecule has 1 atom stereocenters. The summed E-state index contributed by atoms with van der Waals surface area (Å²) >= 11 is 0. The van der Waals surface area contributed by atoms with Crippen molar-refractivity contribution in [2.75, 3.05) is 19.7 Å². The molecule has 1 aliphatic carbocycles. The predicted octanol–water partition coefficient (Wildman–Crippen LogP) is 2.16. The number of aromatic nitrogens is 2. The number of rotatable bonds is 4. The lowest BCUT2D eigenvalue weighted by molar-refractivity contribution is -0.126. The SMILES string of the molecule is CC(C)NC(=O)N(C1CC1)C1CCOC2(CCN(C(=O)c3nccn3C)CC2)C1. The van der Waals surface area contributed by atoms with Crippen LogP contribution in [-0.2, 0) is 11.8 Å². The van der Waals surface area contributed by atoms with E-state index >= 15 is 0 Å². The second-order valence-electron chi connectivity index (χ2n) is 9.07. The van der Waals surface area contributed by atoms with Crippen molar-refractivity contribution in [1.82, 2.24) is 24.7 Å². The smallest absolute Gasteiger partial charge is 0.318 e. The van der Waals surface area contributed by atoms with Crippen molar-refractivity contribution in [3.8, 4) is 0 Å². The Kier molecular flexibility index (Phi) is 5.55. The maximum Gasteiger partial charge on any atom is 0.318 e. The number of nitrogens with one attached hydrogen (secondary N) is 1. The number of imidazole rings is 1. The van der Waals surface area contributed by atoms with Crippen LogP contribution < -0.4 is 5.32 Å². The zero-order chi connectivity index (χ0) is 20.6. The van der Waals surface area contributed by atoms with Crippen LogP contribution in [0.4, 0.5) is 4.79 Å². The van der Waals surface area contributed by atoms with Gasteiger partial charge in [0.2, 0.25) is 0 Å². The van der Waals surface area contributed by atoms with E-state index in [2.05, 4.69) is 15.2 Å². The maximum absolute atomic E-state index is 12.8. The van der Waals surface area contributed by atoms with E-state index in [0.29, 0.717) is 31.6 Å². The highest BCUT2D eigenvalue weighted by Gasteiger charge is 2.46. The van der Waals surface area contributed by atoms with Crippen molar-refractivity contribution < 1.29 is 14.3 Å². The first kappa shape index (κ1) is 20.2. The Morgan fingerprint density at radius 2 is 1.97 bits per heavy atom. The molecule has 29 heavy (non-hydrogen) atoms. The molecule has 3 fully saturated rings. The fraction of sp³-hybridized carbons (Fsp3) is 0.762. The fourth-order valence-electron chi connectivity index (χ4n) is 4.72. The monoisotopic (exact) mass is 403 g/mol. The summed E-state index contributed by atoms with van der Waals surface area (Å²) in [6, 6.07) is 0.788. The number of urea groups is 1. The Hall–Kier alpha value is -2.09. The van der Waals surface area contributed by atoms with Gasteiger partial charge >= 0.3 is 6.03 Å². The van der Waals surface area contributed by atoms with Crippen molar-refractivity contribution in [2.24, 2.45) is 7.05 Å². The Balaban J connectivity index is 1.40. The van der Waals surface area contributed by atoms with Gasteiger partial charge in [-0.05, 0) is 52.4 Å². The molecule has 3 heterocycles. The van der Waals surface area contributed by atoms with Gasteiger partial charge < -0.3 is 24.4 Å². The quantitative estimate of drug-likeness (QED) is 0.836. The zero-order valence-corrected chi connectivity index (χ0v) is 17.8. The number of nitrogens with zero attached hydrogens (tertiary/aromatic N) is 4. The number of hydrogen-bond acceptors (Lipinski definition) is 4. The second-order valence-corrected chi connectivity index (χ2v) is 9.07. The zero-order valence-electron chi connectivity index (χ0n) is 17.8. The van der Waals surface area contributed by atoms with Crippen LogP contribution >= 0.6 is 0 Å². The van der Waals surface area contributed by atoms with Gasteiger partial charge in [0.05, 0.1) is 5.60 Å². The molecule has 0 bridgehead atoms. The highest BCUT2D eigenvalue weighted by molar-refractivity contribution is 5.90. The van der Waals surface area contributed by atoms with E-state index in [-0.39, 0.29) is 29.6 Å². The number of hydrogen-bond donors (Lipinski definition) is 1. The van der Waals surface area contributed by atoms with Crippen LogP contribution in [-0.4, -0.2) is 74.7 Å². The van der Waals surface area contributed by atoms with Crippen LogP contribution in [0, 0.1) is 0 Å². The minimum Gasteiger partial charge on any atom is -0.375 e. The summed E-state index contributed by atoms with van der Waals surface area (Å²) in [5, 5.41) is 3.08. The van der Waals surface area contributed by atoms with Gasteiger partial charge in [-0.25, -0.2) is 9.78 Å². The molecular weight excluding hydrogens is 370 g/mol. The first-order valence-electron chi connectivity index (χ1n) is 10.9. The highest BCUT2D eigenvalue weighted by atomic mass is 16.5. The summed E-state index contributed by atoms with van der Waals surface area (Å²) in [4.78, 5) is 33.7. The van der Waals surface area contributed by atoms with Crippen LogP contribution in [0.2, 0.25) is 0 Å². The van der Waals surface area contributed by atoms with Gasteiger partial charge in [0.15, 0.2) is 5.82 Å². The van der Waals surface area contributed by atoms with E-state index in [4.69, 9.17) is 4.74 Å². The lowest BCUT2D eigenvalue weighted by Gasteiger charge is -2.48. The normalized spacial score (nSPS) is 24.0. The number of carbonyl (C=O) groups is 2. The first-order valence-corrected chi connectivity index (χ1v) is 10.9. The molecular formula is C21H33N5O3. The van der Waals surface area contributed by atoms with Gasteiger partial charge in [0.1, 0.15) is 0 Å².